The van der Waals surface area contributed by atoms with Gasteiger partial charge >= 0.3 is 5.97 Å². The van der Waals surface area contributed by atoms with E-state index in [4.69, 9.17) is 9.52 Å². The molecule has 0 aliphatic carbocycles. The number of furan rings is 1. The van der Waals surface area contributed by atoms with Crippen molar-refractivity contribution in [2.75, 3.05) is 0 Å². The Morgan fingerprint density at radius 2 is 2.06 bits per heavy atom. The molecular weight excluding hydrogens is 222 g/mol. The molecule has 1 unspecified atom stereocenters. The fourth-order valence-corrected chi connectivity index (χ4v) is 1.70. The average molecular weight is 233 g/mol. The van der Waals surface area contributed by atoms with E-state index in [1.165, 1.54) is 13.2 Å². The molecular formula is C12H11NO4. The highest BCUT2D eigenvalue weighted by molar-refractivity contribution is 5.90. The van der Waals surface area contributed by atoms with E-state index < -0.39 is 17.9 Å². The number of carbonyl (C=O) groups is 2. The fraction of sp³-hybridized carbons (Fsp3) is 0.167. The zero-order valence-corrected chi connectivity index (χ0v) is 9.14. The predicted molar refractivity (Wildman–Crippen MR) is 60.4 cm³/mol. The first kappa shape index (κ1) is 11.2. The number of nitrogens with one attached hydrogen (secondary N) is 1. The lowest BCUT2D eigenvalue weighted by atomic mass is 10.1. The van der Waals surface area contributed by atoms with Crippen molar-refractivity contribution in [3.63, 3.8) is 0 Å². The molecule has 1 aromatic heterocycles. The zero-order valence-electron chi connectivity index (χ0n) is 9.14. The second-order valence-corrected chi connectivity index (χ2v) is 3.66. The summed E-state index contributed by atoms with van der Waals surface area (Å²) in [4.78, 5) is 22.1. The van der Waals surface area contributed by atoms with Crippen LogP contribution >= 0.6 is 0 Å². The molecule has 0 saturated carbocycles. The minimum Gasteiger partial charge on any atom is -0.479 e. The number of amides is 1. The molecule has 2 rings (SSSR count). The maximum absolute atomic E-state index is 11.1. The number of aliphatic carboxylic acids is 1. The molecule has 1 aromatic carbocycles. The van der Waals surface area contributed by atoms with Crippen molar-refractivity contribution in [2.24, 2.45) is 0 Å². The van der Waals surface area contributed by atoms with Crippen LogP contribution in [0.4, 0.5) is 0 Å². The largest absolute Gasteiger partial charge is 0.479 e. The molecule has 17 heavy (non-hydrogen) atoms. The van der Waals surface area contributed by atoms with E-state index in [-0.39, 0.29) is 0 Å². The van der Waals surface area contributed by atoms with Gasteiger partial charge in [0, 0.05) is 17.9 Å². The summed E-state index contributed by atoms with van der Waals surface area (Å²) in [5, 5.41) is 12.2. The van der Waals surface area contributed by atoms with Crippen molar-refractivity contribution in [3.05, 3.63) is 36.1 Å². The van der Waals surface area contributed by atoms with E-state index in [1.807, 2.05) is 0 Å². The lowest BCUT2D eigenvalue weighted by Crippen LogP contribution is -2.31. The van der Waals surface area contributed by atoms with Gasteiger partial charge in [0.15, 0.2) is 6.04 Å². The van der Waals surface area contributed by atoms with Crippen molar-refractivity contribution in [1.29, 1.82) is 0 Å². The maximum Gasteiger partial charge on any atom is 0.331 e. The molecule has 1 heterocycles. The number of hydrogen-bond acceptors (Lipinski definition) is 3. The Hall–Kier alpha value is -2.30. The highest BCUT2D eigenvalue weighted by Crippen LogP contribution is 2.26. The zero-order chi connectivity index (χ0) is 12.4. The molecule has 5 nitrogen and oxygen atoms in total. The van der Waals surface area contributed by atoms with Gasteiger partial charge in [-0.05, 0) is 6.07 Å². The fourth-order valence-electron chi connectivity index (χ4n) is 1.70. The van der Waals surface area contributed by atoms with Gasteiger partial charge in [-0.15, -0.1) is 0 Å². The molecule has 5 heteroatoms. The molecule has 2 aromatic rings. The summed E-state index contributed by atoms with van der Waals surface area (Å²) in [6.07, 6.45) is 1.36. The van der Waals surface area contributed by atoms with Gasteiger partial charge in [0.25, 0.3) is 0 Å². The minimum absolute atomic E-state index is 0.400. The summed E-state index contributed by atoms with van der Waals surface area (Å²) in [6.45, 7) is 1.28. The van der Waals surface area contributed by atoms with Gasteiger partial charge in [-0.1, -0.05) is 18.2 Å². The van der Waals surface area contributed by atoms with Crippen molar-refractivity contribution in [3.8, 4) is 0 Å². The van der Waals surface area contributed by atoms with Crippen LogP contribution < -0.4 is 5.32 Å². The molecule has 1 amide bonds. The Kier molecular flexibility index (Phi) is 2.82. The summed E-state index contributed by atoms with van der Waals surface area (Å²) in [5.74, 6) is -1.52. The van der Waals surface area contributed by atoms with Crippen molar-refractivity contribution in [2.45, 2.75) is 13.0 Å². The van der Waals surface area contributed by atoms with E-state index >= 15 is 0 Å². The smallest absolute Gasteiger partial charge is 0.331 e. The molecule has 1 atom stereocenters. The summed E-state index contributed by atoms with van der Waals surface area (Å²) in [7, 11) is 0. The van der Waals surface area contributed by atoms with Crippen LogP contribution in [-0.2, 0) is 9.59 Å². The SMILES string of the molecule is CC(=O)NC(C(=O)O)c1coc2ccccc12. The molecule has 0 saturated heterocycles. The molecule has 0 fully saturated rings. The molecule has 0 radical (unpaired) electrons. The van der Waals surface area contributed by atoms with E-state index in [2.05, 4.69) is 5.32 Å². The van der Waals surface area contributed by atoms with E-state index in [0.29, 0.717) is 16.5 Å². The Morgan fingerprint density at radius 1 is 1.35 bits per heavy atom. The van der Waals surface area contributed by atoms with Crippen LogP contribution in [0.25, 0.3) is 11.0 Å². The van der Waals surface area contributed by atoms with Gasteiger partial charge in [0.2, 0.25) is 5.91 Å². The van der Waals surface area contributed by atoms with Crippen molar-refractivity contribution < 1.29 is 19.1 Å². The van der Waals surface area contributed by atoms with E-state index in [0.717, 1.165) is 0 Å². The van der Waals surface area contributed by atoms with Gasteiger partial charge in [0.1, 0.15) is 5.58 Å². The normalized spacial score (nSPS) is 12.3. The summed E-state index contributed by atoms with van der Waals surface area (Å²) in [6, 6.07) is 5.99. The molecule has 0 spiro atoms. The molecule has 0 aliphatic heterocycles. The average Bonchev–Trinajstić information content (AvgIpc) is 2.69. The van der Waals surface area contributed by atoms with Crippen LogP contribution in [0.3, 0.4) is 0 Å². The number of benzene rings is 1. The minimum atomic E-state index is -1.12. The highest BCUT2D eigenvalue weighted by Gasteiger charge is 2.24. The number of carboxylic acids is 1. The maximum atomic E-state index is 11.1. The van der Waals surface area contributed by atoms with Gasteiger partial charge in [0.05, 0.1) is 6.26 Å². The highest BCUT2D eigenvalue weighted by atomic mass is 16.4. The number of carbonyl (C=O) groups excluding carboxylic acids is 1. The van der Waals surface area contributed by atoms with Crippen LogP contribution in [0.2, 0.25) is 0 Å². The second kappa shape index (κ2) is 4.29. The number of carboxylic acid groups (broad SMARTS) is 1. The number of hydrogen-bond donors (Lipinski definition) is 2. The third kappa shape index (κ3) is 2.13. The van der Waals surface area contributed by atoms with Gasteiger partial charge in [-0.3, -0.25) is 4.79 Å². The van der Waals surface area contributed by atoms with Crippen molar-refractivity contribution in [1.82, 2.24) is 5.32 Å². The van der Waals surface area contributed by atoms with Gasteiger partial charge < -0.3 is 14.8 Å². The Labute approximate surface area is 97.0 Å². The summed E-state index contributed by atoms with van der Waals surface area (Å²) < 4.78 is 5.25. The molecule has 88 valence electrons. The van der Waals surface area contributed by atoms with E-state index in [9.17, 15) is 9.59 Å². The van der Waals surface area contributed by atoms with Crippen LogP contribution in [0, 0.1) is 0 Å². The third-order valence-electron chi connectivity index (χ3n) is 2.42. The van der Waals surface area contributed by atoms with E-state index in [1.54, 1.807) is 24.3 Å². The van der Waals surface area contributed by atoms with Crippen molar-refractivity contribution >= 4 is 22.8 Å². The second-order valence-electron chi connectivity index (χ2n) is 3.66. The lowest BCUT2D eigenvalue weighted by molar-refractivity contribution is -0.141. The predicted octanol–water partition coefficient (Wildman–Crippen LogP) is 1.69. The summed E-state index contributed by atoms with van der Waals surface area (Å²) >= 11 is 0. The Morgan fingerprint density at radius 3 is 2.71 bits per heavy atom. The number of fused-ring (bicyclic) bond motifs is 1. The first-order valence-corrected chi connectivity index (χ1v) is 5.05. The molecule has 0 bridgehead atoms. The summed E-state index contributed by atoms with van der Waals surface area (Å²) in [5.41, 5.74) is 1.04. The Balaban J connectivity index is 2.48. The van der Waals surface area contributed by atoms with Crippen LogP contribution in [0.15, 0.2) is 34.9 Å². The number of para-hydroxylation sites is 1. The topological polar surface area (TPSA) is 79.5 Å². The standard InChI is InChI=1S/C12H11NO4/c1-7(14)13-11(12(15)16)9-6-17-10-5-3-2-4-8(9)10/h2-6,11H,1H3,(H,13,14)(H,15,16). The first-order chi connectivity index (χ1) is 8.09. The van der Waals surface area contributed by atoms with Gasteiger partial charge in [-0.2, -0.15) is 0 Å². The molecule has 2 N–H and O–H groups in total. The van der Waals surface area contributed by atoms with Gasteiger partial charge in [-0.25, -0.2) is 4.79 Å². The van der Waals surface area contributed by atoms with Crippen LogP contribution in [0.5, 0.6) is 0 Å². The lowest BCUT2D eigenvalue weighted by Gasteiger charge is -2.11. The molecule has 0 aliphatic rings. The van der Waals surface area contributed by atoms with Crippen LogP contribution in [-0.4, -0.2) is 17.0 Å². The number of rotatable bonds is 3. The Bertz CT molecular complexity index is 573. The first-order valence-electron chi connectivity index (χ1n) is 5.05. The third-order valence-corrected chi connectivity index (χ3v) is 2.42. The quantitative estimate of drug-likeness (QED) is 0.845. The van der Waals surface area contributed by atoms with Crippen LogP contribution in [0.1, 0.15) is 18.5 Å². The monoisotopic (exact) mass is 233 g/mol.